The van der Waals surface area contributed by atoms with Crippen LogP contribution in [0, 0.1) is 0 Å². The Morgan fingerprint density at radius 3 is 2.87 bits per heavy atom. The molecule has 5 nitrogen and oxygen atoms in total. The zero-order valence-corrected chi connectivity index (χ0v) is 8.03. The van der Waals surface area contributed by atoms with Crippen molar-refractivity contribution in [3.8, 4) is 17.2 Å². The molecular formula is C10H11NO4. The lowest BCUT2D eigenvalue weighted by molar-refractivity contribution is 0.0996. The molecule has 0 saturated carbocycles. The van der Waals surface area contributed by atoms with Crippen molar-refractivity contribution in [2.75, 3.05) is 19.8 Å². The highest BCUT2D eigenvalue weighted by atomic mass is 16.6. The maximum absolute atomic E-state index is 11.3. The topological polar surface area (TPSA) is 81.8 Å². The van der Waals surface area contributed by atoms with Gasteiger partial charge in [0, 0.05) is 0 Å². The summed E-state index contributed by atoms with van der Waals surface area (Å²) in [4.78, 5) is 11.3. The number of ether oxygens (including phenoxy) is 2. The molecule has 0 amide bonds. The second-order valence-corrected chi connectivity index (χ2v) is 3.11. The van der Waals surface area contributed by atoms with Crippen LogP contribution in [0.3, 0.4) is 0 Å². The fourth-order valence-electron chi connectivity index (χ4n) is 1.44. The smallest absolute Gasteiger partial charge is 0.204 e. The Bertz CT molecular complexity index is 403. The minimum atomic E-state index is -0.329. The number of fused-ring (bicyclic) bond motifs is 1. The maximum atomic E-state index is 11.3. The van der Waals surface area contributed by atoms with Crippen molar-refractivity contribution in [1.29, 1.82) is 0 Å². The molecule has 0 radical (unpaired) electrons. The van der Waals surface area contributed by atoms with Gasteiger partial charge in [0.25, 0.3) is 0 Å². The van der Waals surface area contributed by atoms with E-state index in [1.54, 1.807) is 6.07 Å². The average molecular weight is 209 g/mol. The lowest BCUT2D eigenvalue weighted by Gasteiger charge is -2.20. The van der Waals surface area contributed by atoms with E-state index >= 15 is 0 Å². The quantitative estimate of drug-likeness (QED) is 0.685. The average Bonchev–Trinajstić information content (AvgIpc) is 2.29. The van der Waals surface area contributed by atoms with E-state index in [0.29, 0.717) is 19.0 Å². The zero-order valence-electron chi connectivity index (χ0n) is 8.03. The lowest BCUT2D eigenvalue weighted by atomic mass is 10.1. The molecule has 1 aromatic rings. The van der Waals surface area contributed by atoms with E-state index < -0.39 is 0 Å². The first-order valence-electron chi connectivity index (χ1n) is 4.59. The SMILES string of the molecule is NCC(=O)c1ccc2c(c1O)OCCO2. The Kier molecular flexibility index (Phi) is 2.47. The molecule has 0 aromatic heterocycles. The van der Waals surface area contributed by atoms with Crippen molar-refractivity contribution in [2.45, 2.75) is 0 Å². The monoisotopic (exact) mass is 209 g/mol. The number of carbonyl (C=O) groups is 1. The predicted octanol–water partition coefficient (Wildman–Crippen LogP) is 0.305. The molecule has 0 bridgehead atoms. The number of phenolic OH excluding ortho intramolecular Hbond substituents is 1. The van der Waals surface area contributed by atoms with Gasteiger partial charge in [0.1, 0.15) is 13.2 Å². The van der Waals surface area contributed by atoms with Crippen LogP contribution in [-0.4, -0.2) is 30.6 Å². The molecule has 0 spiro atoms. The first kappa shape index (κ1) is 9.79. The second kappa shape index (κ2) is 3.78. The summed E-state index contributed by atoms with van der Waals surface area (Å²) in [6, 6.07) is 3.08. The molecule has 15 heavy (non-hydrogen) atoms. The van der Waals surface area contributed by atoms with Gasteiger partial charge < -0.3 is 20.3 Å². The van der Waals surface area contributed by atoms with Crippen LogP contribution in [0.25, 0.3) is 0 Å². The minimum Gasteiger partial charge on any atom is -0.504 e. The molecule has 2 rings (SSSR count). The highest BCUT2D eigenvalue weighted by molar-refractivity contribution is 6.01. The van der Waals surface area contributed by atoms with Crippen molar-refractivity contribution in [3.05, 3.63) is 17.7 Å². The number of ketones is 1. The summed E-state index contributed by atoms with van der Waals surface area (Å²) in [5, 5.41) is 9.75. The van der Waals surface area contributed by atoms with Gasteiger partial charge in [-0.15, -0.1) is 0 Å². The number of carbonyl (C=O) groups excluding carboxylic acids is 1. The number of hydrogen-bond donors (Lipinski definition) is 2. The number of Topliss-reactive ketones (excluding diaryl/α,β-unsaturated/α-hetero) is 1. The van der Waals surface area contributed by atoms with Gasteiger partial charge in [-0.25, -0.2) is 0 Å². The van der Waals surface area contributed by atoms with Gasteiger partial charge in [-0.2, -0.15) is 0 Å². The van der Waals surface area contributed by atoms with Gasteiger partial charge in [0.15, 0.2) is 17.3 Å². The summed E-state index contributed by atoms with van der Waals surface area (Å²) in [7, 11) is 0. The zero-order chi connectivity index (χ0) is 10.8. The highest BCUT2D eigenvalue weighted by Gasteiger charge is 2.21. The summed E-state index contributed by atoms with van der Waals surface area (Å²) >= 11 is 0. The number of aromatic hydroxyl groups is 1. The molecule has 0 fully saturated rings. The number of phenols is 1. The van der Waals surface area contributed by atoms with E-state index in [9.17, 15) is 9.90 Å². The third-order valence-corrected chi connectivity index (χ3v) is 2.17. The molecule has 1 aliphatic heterocycles. The normalized spacial score (nSPS) is 13.7. The Morgan fingerprint density at radius 1 is 1.40 bits per heavy atom. The van der Waals surface area contributed by atoms with E-state index in [2.05, 4.69) is 0 Å². The third kappa shape index (κ3) is 1.61. The number of rotatable bonds is 2. The van der Waals surface area contributed by atoms with Gasteiger partial charge >= 0.3 is 0 Å². The van der Waals surface area contributed by atoms with Crippen LogP contribution in [-0.2, 0) is 0 Å². The second-order valence-electron chi connectivity index (χ2n) is 3.11. The van der Waals surface area contributed by atoms with Crippen LogP contribution in [0.5, 0.6) is 17.2 Å². The maximum Gasteiger partial charge on any atom is 0.204 e. The largest absolute Gasteiger partial charge is 0.504 e. The van der Waals surface area contributed by atoms with E-state index in [1.165, 1.54) is 6.07 Å². The predicted molar refractivity (Wildman–Crippen MR) is 52.5 cm³/mol. The van der Waals surface area contributed by atoms with Gasteiger partial charge in [-0.3, -0.25) is 4.79 Å². The van der Waals surface area contributed by atoms with Crippen molar-refractivity contribution >= 4 is 5.78 Å². The third-order valence-electron chi connectivity index (χ3n) is 2.17. The summed E-state index contributed by atoms with van der Waals surface area (Å²) in [6.07, 6.45) is 0. The van der Waals surface area contributed by atoms with Crippen molar-refractivity contribution in [1.82, 2.24) is 0 Å². The van der Waals surface area contributed by atoms with Crippen LogP contribution >= 0.6 is 0 Å². The van der Waals surface area contributed by atoms with E-state index in [0.717, 1.165) is 0 Å². The standard InChI is InChI=1S/C10H11NO4/c11-5-7(12)6-1-2-8-10(9(6)13)15-4-3-14-8/h1-2,13H,3-5,11H2. The van der Waals surface area contributed by atoms with Crippen molar-refractivity contribution in [3.63, 3.8) is 0 Å². The molecule has 1 aromatic carbocycles. The fraction of sp³-hybridized carbons (Fsp3) is 0.300. The van der Waals surface area contributed by atoms with Gasteiger partial charge in [0.05, 0.1) is 12.1 Å². The molecular weight excluding hydrogens is 198 g/mol. The van der Waals surface area contributed by atoms with Crippen LogP contribution in [0.2, 0.25) is 0 Å². The molecule has 0 saturated heterocycles. The molecule has 5 heteroatoms. The fourth-order valence-corrected chi connectivity index (χ4v) is 1.44. The van der Waals surface area contributed by atoms with Gasteiger partial charge in [-0.05, 0) is 12.1 Å². The van der Waals surface area contributed by atoms with E-state index in [-0.39, 0.29) is 29.4 Å². The first-order valence-corrected chi connectivity index (χ1v) is 4.59. The molecule has 0 aliphatic carbocycles. The molecule has 0 atom stereocenters. The highest BCUT2D eigenvalue weighted by Crippen LogP contribution is 2.40. The van der Waals surface area contributed by atoms with Gasteiger partial charge in [-0.1, -0.05) is 0 Å². The van der Waals surface area contributed by atoms with Crippen LogP contribution in [0.15, 0.2) is 12.1 Å². The van der Waals surface area contributed by atoms with Gasteiger partial charge in [0.2, 0.25) is 5.75 Å². The first-order chi connectivity index (χ1) is 7.24. The summed E-state index contributed by atoms with van der Waals surface area (Å²) in [6.45, 7) is 0.657. The van der Waals surface area contributed by atoms with E-state index in [1.807, 2.05) is 0 Å². The molecule has 80 valence electrons. The summed E-state index contributed by atoms with van der Waals surface area (Å²) < 4.78 is 10.5. The summed E-state index contributed by atoms with van der Waals surface area (Å²) in [5.74, 6) is 0.153. The molecule has 3 N–H and O–H groups in total. The minimum absolute atomic E-state index is 0.146. The Morgan fingerprint density at radius 2 is 2.13 bits per heavy atom. The molecule has 1 heterocycles. The Hall–Kier alpha value is -1.75. The number of benzene rings is 1. The lowest BCUT2D eigenvalue weighted by Crippen LogP contribution is -2.18. The Balaban J connectivity index is 2.47. The van der Waals surface area contributed by atoms with Crippen LogP contribution in [0.4, 0.5) is 0 Å². The molecule has 0 unspecified atom stereocenters. The van der Waals surface area contributed by atoms with Crippen molar-refractivity contribution < 1.29 is 19.4 Å². The van der Waals surface area contributed by atoms with Crippen LogP contribution < -0.4 is 15.2 Å². The van der Waals surface area contributed by atoms with Crippen LogP contribution in [0.1, 0.15) is 10.4 Å². The van der Waals surface area contributed by atoms with E-state index in [4.69, 9.17) is 15.2 Å². The number of nitrogens with two attached hydrogens (primary N) is 1. The number of hydrogen-bond acceptors (Lipinski definition) is 5. The summed E-state index contributed by atoms with van der Waals surface area (Å²) in [5.41, 5.74) is 5.38. The van der Waals surface area contributed by atoms with Crippen molar-refractivity contribution in [2.24, 2.45) is 5.73 Å². The Labute approximate surface area is 86.4 Å². The molecule has 1 aliphatic rings.